The molecule has 160 valence electrons. The lowest BCUT2D eigenvalue weighted by Crippen LogP contribution is -2.24. The van der Waals surface area contributed by atoms with E-state index in [-0.39, 0.29) is 28.2 Å². The molecule has 9 heteroatoms. The Balaban J connectivity index is 1.59. The molecule has 7 nitrogen and oxygen atoms in total. The van der Waals surface area contributed by atoms with Gasteiger partial charge in [0, 0.05) is 47.4 Å². The van der Waals surface area contributed by atoms with E-state index in [2.05, 4.69) is 4.98 Å². The Bertz CT molecular complexity index is 1490. The number of benzene rings is 2. The van der Waals surface area contributed by atoms with Gasteiger partial charge in [-0.15, -0.1) is 0 Å². The minimum absolute atomic E-state index is 0.100. The number of halogens is 2. The van der Waals surface area contributed by atoms with Gasteiger partial charge in [-0.1, -0.05) is 23.2 Å². The van der Waals surface area contributed by atoms with Crippen LogP contribution in [0, 0.1) is 0 Å². The van der Waals surface area contributed by atoms with Crippen LogP contribution in [0.15, 0.2) is 47.8 Å². The van der Waals surface area contributed by atoms with E-state index in [1.165, 1.54) is 6.07 Å². The molecule has 6 rings (SSSR count). The first-order chi connectivity index (χ1) is 15.5. The normalized spacial score (nSPS) is 13.6. The highest BCUT2D eigenvalue weighted by molar-refractivity contribution is 6.43. The summed E-state index contributed by atoms with van der Waals surface area (Å²) in [5, 5.41) is 1.41. The molecule has 0 spiro atoms. The zero-order chi connectivity index (χ0) is 22.0. The summed E-state index contributed by atoms with van der Waals surface area (Å²) in [6.07, 6.45) is 5.98. The molecule has 0 bridgehead atoms. The van der Waals surface area contributed by atoms with Gasteiger partial charge in [0.15, 0.2) is 17.3 Å². The van der Waals surface area contributed by atoms with Crippen molar-refractivity contribution in [2.45, 2.75) is 19.5 Å². The van der Waals surface area contributed by atoms with Crippen LogP contribution < -0.4 is 15.0 Å². The summed E-state index contributed by atoms with van der Waals surface area (Å²) in [7, 11) is 0. The second kappa shape index (κ2) is 7.12. The van der Waals surface area contributed by atoms with Crippen molar-refractivity contribution in [3.63, 3.8) is 0 Å². The summed E-state index contributed by atoms with van der Waals surface area (Å²) >= 11 is 12.5. The summed E-state index contributed by atoms with van der Waals surface area (Å²) in [5.41, 5.74) is 1.93. The smallest absolute Gasteiger partial charge is 0.258 e. The highest BCUT2D eigenvalue weighted by Gasteiger charge is 2.35. The topological polar surface area (TPSA) is 75.4 Å². The molecule has 0 fully saturated rings. The maximum Gasteiger partial charge on any atom is 0.258 e. The first-order valence-corrected chi connectivity index (χ1v) is 10.8. The summed E-state index contributed by atoms with van der Waals surface area (Å²) in [4.78, 5) is 31.1. The van der Waals surface area contributed by atoms with Crippen molar-refractivity contribution in [1.29, 1.82) is 0 Å². The maximum atomic E-state index is 13.6. The fourth-order valence-corrected chi connectivity index (χ4v) is 4.78. The molecule has 32 heavy (non-hydrogen) atoms. The third-order valence-electron chi connectivity index (χ3n) is 5.91. The minimum Gasteiger partial charge on any atom is -0.454 e. The van der Waals surface area contributed by atoms with Gasteiger partial charge in [0.1, 0.15) is 0 Å². The van der Waals surface area contributed by atoms with Crippen LogP contribution in [-0.4, -0.2) is 26.7 Å². The van der Waals surface area contributed by atoms with Crippen LogP contribution in [-0.2, 0) is 13.1 Å². The summed E-state index contributed by atoms with van der Waals surface area (Å²) < 4.78 is 14.6. The Hall–Kier alpha value is -3.29. The van der Waals surface area contributed by atoms with Crippen molar-refractivity contribution < 1.29 is 14.3 Å². The number of rotatable bonds is 4. The molecule has 2 aromatic carbocycles. The Kier molecular flexibility index (Phi) is 4.31. The number of pyridine rings is 1. The van der Waals surface area contributed by atoms with Crippen LogP contribution >= 0.6 is 23.2 Å². The zero-order valence-corrected chi connectivity index (χ0v) is 18.1. The van der Waals surface area contributed by atoms with E-state index >= 15 is 0 Å². The molecule has 2 aromatic heterocycles. The number of aryl methyl sites for hydroxylation is 1. The van der Waals surface area contributed by atoms with Gasteiger partial charge in [0.25, 0.3) is 5.56 Å². The van der Waals surface area contributed by atoms with Gasteiger partial charge in [-0.05, 0) is 30.7 Å². The quantitative estimate of drug-likeness (QED) is 0.387. The molecule has 0 atom stereocenters. The second-order valence-electron chi connectivity index (χ2n) is 7.73. The zero-order valence-electron chi connectivity index (χ0n) is 16.6. The van der Waals surface area contributed by atoms with Crippen molar-refractivity contribution in [2.24, 2.45) is 0 Å². The largest absolute Gasteiger partial charge is 0.454 e. The molecule has 0 saturated heterocycles. The van der Waals surface area contributed by atoms with Crippen LogP contribution in [0.4, 0.5) is 0 Å². The molecule has 3 heterocycles. The van der Waals surface area contributed by atoms with Gasteiger partial charge in [-0.3, -0.25) is 9.59 Å². The van der Waals surface area contributed by atoms with Crippen LogP contribution in [0.3, 0.4) is 0 Å². The van der Waals surface area contributed by atoms with E-state index < -0.39 is 0 Å². The number of imidazole rings is 1. The van der Waals surface area contributed by atoms with Crippen LogP contribution in [0.25, 0.3) is 22.0 Å². The lowest BCUT2D eigenvalue weighted by atomic mass is 10.0. The Labute approximate surface area is 191 Å². The summed E-state index contributed by atoms with van der Waals surface area (Å²) in [6, 6.07) is 6.59. The summed E-state index contributed by atoms with van der Waals surface area (Å²) in [5.74, 6) is 0.889. The van der Waals surface area contributed by atoms with E-state index in [1.54, 1.807) is 35.3 Å². The SMILES string of the molecule is O=C1c2cc3c(cc2-c2c1c1cc(Cl)c(Cl)cc1c(=O)n2CCCn1ccnc1)OCO3. The van der Waals surface area contributed by atoms with E-state index in [0.29, 0.717) is 64.2 Å². The van der Waals surface area contributed by atoms with E-state index in [0.717, 1.165) is 0 Å². The average Bonchev–Trinajstić information content (AvgIpc) is 3.51. The molecule has 0 unspecified atom stereocenters. The third kappa shape index (κ3) is 2.78. The number of carbonyl (C=O) groups is 1. The fourth-order valence-electron chi connectivity index (χ4n) is 4.45. The van der Waals surface area contributed by atoms with Gasteiger partial charge in [-0.25, -0.2) is 4.98 Å². The van der Waals surface area contributed by atoms with Gasteiger partial charge >= 0.3 is 0 Å². The lowest BCUT2D eigenvalue weighted by molar-refractivity contribution is 0.104. The highest BCUT2D eigenvalue weighted by Crippen LogP contribution is 2.46. The number of aromatic nitrogens is 3. The van der Waals surface area contributed by atoms with Gasteiger partial charge in [-0.2, -0.15) is 0 Å². The molecule has 0 N–H and O–H groups in total. The Morgan fingerprint density at radius 3 is 2.38 bits per heavy atom. The molecule has 1 aliphatic heterocycles. The van der Waals surface area contributed by atoms with Crippen molar-refractivity contribution in [2.75, 3.05) is 6.79 Å². The number of nitrogens with zero attached hydrogens (tertiary/aromatic N) is 3. The maximum absolute atomic E-state index is 13.6. The summed E-state index contributed by atoms with van der Waals surface area (Å²) in [6.45, 7) is 1.20. The monoisotopic (exact) mass is 467 g/mol. The highest BCUT2D eigenvalue weighted by atomic mass is 35.5. The molecule has 0 amide bonds. The second-order valence-corrected chi connectivity index (χ2v) is 8.54. The molecular weight excluding hydrogens is 453 g/mol. The molecule has 2 aliphatic rings. The van der Waals surface area contributed by atoms with Crippen LogP contribution in [0.2, 0.25) is 10.0 Å². The predicted molar refractivity (Wildman–Crippen MR) is 120 cm³/mol. The number of ether oxygens (including phenoxy) is 2. The van der Waals surface area contributed by atoms with Crippen molar-refractivity contribution in [1.82, 2.24) is 14.1 Å². The first kappa shape index (κ1) is 19.4. The Morgan fingerprint density at radius 2 is 1.66 bits per heavy atom. The molecule has 1 aliphatic carbocycles. The number of fused-ring (bicyclic) bond motifs is 6. The number of ketones is 1. The average molecular weight is 468 g/mol. The third-order valence-corrected chi connectivity index (χ3v) is 6.63. The van der Waals surface area contributed by atoms with Gasteiger partial charge in [0.05, 0.1) is 27.6 Å². The standard InChI is InChI=1S/C23H15Cl2N3O4/c24-16-6-12-15(7-17(16)25)23(30)28(4-1-3-27-5-2-26-10-27)21-13-8-18-19(32-11-31-18)9-14(13)22(29)20(12)21/h2,5-10H,1,3-4,11H2. The predicted octanol–water partition coefficient (Wildman–Crippen LogP) is 4.54. The fraction of sp³-hybridized carbons (Fsp3) is 0.174. The number of carbonyl (C=O) groups excluding carboxylic acids is 1. The Morgan fingerprint density at radius 1 is 0.938 bits per heavy atom. The van der Waals surface area contributed by atoms with Crippen molar-refractivity contribution in [3.8, 4) is 22.8 Å². The van der Waals surface area contributed by atoms with E-state index in [4.69, 9.17) is 32.7 Å². The minimum atomic E-state index is -0.221. The molecule has 4 aromatic rings. The molecular formula is C23H15Cl2N3O4. The van der Waals surface area contributed by atoms with Gasteiger partial charge < -0.3 is 18.6 Å². The first-order valence-electron chi connectivity index (χ1n) is 10.0. The molecule has 0 saturated carbocycles. The van der Waals surface area contributed by atoms with E-state index in [9.17, 15) is 9.59 Å². The number of hydrogen-bond donors (Lipinski definition) is 0. The van der Waals surface area contributed by atoms with Crippen molar-refractivity contribution >= 4 is 39.8 Å². The van der Waals surface area contributed by atoms with Crippen molar-refractivity contribution in [3.05, 3.63) is 74.5 Å². The molecule has 0 radical (unpaired) electrons. The number of hydrogen-bond acceptors (Lipinski definition) is 5. The van der Waals surface area contributed by atoms with Gasteiger partial charge in [0.2, 0.25) is 6.79 Å². The van der Waals surface area contributed by atoms with E-state index in [1.807, 2.05) is 10.8 Å². The van der Waals surface area contributed by atoms with Crippen LogP contribution in [0.5, 0.6) is 11.5 Å². The lowest BCUT2D eigenvalue weighted by Gasteiger charge is -2.16. The van der Waals surface area contributed by atoms with Crippen LogP contribution in [0.1, 0.15) is 22.3 Å².